The van der Waals surface area contributed by atoms with Crippen LogP contribution in [0, 0.1) is 0 Å². The number of carbonyl (C=O) groups excluding carboxylic acids is 1. The molecule has 2 aromatic heterocycles. The number of nitrogens with one attached hydrogen (secondary N) is 1. The summed E-state index contributed by atoms with van der Waals surface area (Å²) in [6.45, 7) is 0.0146. The molecule has 0 spiro atoms. The Bertz CT molecular complexity index is 1280. The first-order valence-electron chi connectivity index (χ1n) is 9.53. The molecule has 0 bridgehead atoms. The Hall–Kier alpha value is -3.92. The molecule has 11 heteroatoms. The van der Waals surface area contributed by atoms with Crippen molar-refractivity contribution in [2.24, 2.45) is 0 Å². The second kappa shape index (κ2) is 9.29. The Morgan fingerprint density at radius 1 is 1.03 bits per heavy atom. The molecule has 33 heavy (non-hydrogen) atoms. The van der Waals surface area contributed by atoms with Crippen molar-refractivity contribution in [3.05, 3.63) is 95.2 Å². The van der Waals surface area contributed by atoms with E-state index in [0.29, 0.717) is 16.5 Å². The molecule has 0 fully saturated rings. The van der Waals surface area contributed by atoms with Crippen LogP contribution in [0.2, 0.25) is 5.02 Å². The van der Waals surface area contributed by atoms with Gasteiger partial charge in [-0.25, -0.2) is 14.6 Å². The van der Waals surface area contributed by atoms with Crippen molar-refractivity contribution in [3.63, 3.8) is 0 Å². The highest BCUT2D eigenvalue weighted by Crippen LogP contribution is 2.30. The van der Waals surface area contributed by atoms with Gasteiger partial charge in [-0.1, -0.05) is 29.8 Å². The van der Waals surface area contributed by atoms with Gasteiger partial charge in [0.05, 0.1) is 5.69 Å². The zero-order chi connectivity index (χ0) is 23.4. The molecule has 1 amide bonds. The number of rotatable bonds is 6. The number of para-hydroxylation sites is 1. The van der Waals surface area contributed by atoms with E-state index in [0.717, 1.165) is 18.1 Å². The Balaban J connectivity index is 1.48. The number of carbonyl (C=O) groups is 1. The highest BCUT2D eigenvalue weighted by molar-refractivity contribution is 6.30. The number of nitrogens with zero attached hydrogens (tertiary/aromatic N) is 4. The lowest BCUT2D eigenvalue weighted by Gasteiger charge is -2.13. The molecule has 0 atom stereocenters. The van der Waals surface area contributed by atoms with E-state index in [1.165, 1.54) is 0 Å². The van der Waals surface area contributed by atoms with Crippen molar-refractivity contribution in [1.82, 2.24) is 19.7 Å². The van der Waals surface area contributed by atoms with Crippen molar-refractivity contribution in [3.8, 4) is 11.6 Å². The van der Waals surface area contributed by atoms with Crippen LogP contribution in [0.15, 0.2) is 73.2 Å². The number of amides is 1. The van der Waals surface area contributed by atoms with Crippen LogP contribution in [0.25, 0.3) is 5.69 Å². The van der Waals surface area contributed by atoms with Gasteiger partial charge in [0.2, 0.25) is 5.88 Å². The van der Waals surface area contributed by atoms with Gasteiger partial charge >= 0.3 is 6.18 Å². The van der Waals surface area contributed by atoms with Crippen molar-refractivity contribution in [1.29, 1.82) is 0 Å². The first-order valence-corrected chi connectivity index (χ1v) is 9.91. The van der Waals surface area contributed by atoms with E-state index in [1.54, 1.807) is 65.5 Å². The highest BCUT2D eigenvalue weighted by atomic mass is 35.5. The van der Waals surface area contributed by atoms with Crippen LogP contribution < -0.4 is 10.1 Å². The number of anilines is 1. The fourth-order valence-electron chi connectivity index (χ4n) is 2.93. The standard InChI is InChI=1S/C22H15ClF3N5O2/c23-15-5-7-16(8-6-15)31-12-9-18(30-31)33-13-14-3-1-2-4-17(14)29-21(32)19-20(22(24,25)26)28-11-10-27-19/h1-12H,13H2,(H,29,32). The molecular weight excluding hydrogens is 459 g/mol. The van der Waals surface area contributed by atoms with Gasteiger partial charge in [-0.2, -0.15) is 13.2 Å². The van der Waals surface area contributed by atoms with Crippen LogP contribution in [0.4, 0.5) is 18.9 Å². The molecular formula is C22H15ClF3N5O2. The van der Waals surface area contributed by atoms with E-state index in [4.69, 9.17) is 16.3 Å². The number of ether oxygens (including phenoxy) is 1. The summed E-state index contributed by atoms with van der Waals surface area (Å²) in [5, 5.41) is 7.38. The van der Waals surface area contributed by atoms with E-state index in [2.05, 4.69) is 20.4 Å². The SMILES string of the molecule is O=C(Nc1ccccc1COc1ccn(-c2ccc(Cl)cc2)n1)c1nccnc1C(F)(F)F. The van der Waals surface area contributed by atoms with Crippen molar-refractivity contribution in [2.45, 2.75) is 12.8 Å². The summed E-state index contributed by atoms with van der Waals surface area (Å²) < 4.78 is 46.8. The van der Waals surface area contributed by atoms with Gasteiger partial charge in [-0.05, 0) is 30.3 Å². The predicted octanol–water partition coefficient (Wildman–Crippen LogP) is 5.17. The summed E-state index contributed by atoms with van der Waals surface area (Å²) >= 11 is 5.90. The first-order chi connectivity index (χ1) is 15.8. The van der Waals surface area contributed by atoms with E-state index in [9.17, 15) is 18.0 Å². The third kappa shape index (κ3) is 5.29. The minimum absolute atomic E-state index is 0.0146. The van der Waals surface area contributed by atoms with Gasteiger partial charge in [0, 0.05) is 40.9 Å². The van der Waals surface area contributed by atoms with Crippen LogP contribution in [0.3, 0.4) is 0 Å². The smallest absolute Gasteiger partial charge is 0.435 e. The number of hydrogen-bond donors (Lipinski definition) is 1. The molecule has 2 heterocycles. The van der Waals surface area contributed by atoms with E-state index in [1.807, 2.05) is 0 Å². The molecule has 0 radical (unpaired) electrons. The third-order valence-corrected chi connectivity index (χ3v) is 4.73. The van der Waals surface area contributed by atoms with Gasteiger partial charge in [-0.3, -0.25) is 4.79 Å². The molecule has 0 saturated carbocycles. The predicted molar refractivity (Wildman–Crippen MR) is 114 cm³/mol. The van der Waals surface area contributed by atoms with Crippen molar-refractivity contribution < 1.29 is 22.7 Å². The maximum atomic E-state index is 13.2. The number of benzene rings is 2. The molecule has 1 N–H and O–H groups in total. The molecule has 0 saturated heterocycles. The average Bonchev–Trinajstić information content (AvgIpc) is 3.27. The van der Waals surface area contributed by atoms with Gasteiger partial charge in [-0.15, -0.1) is 5.10 Å². The lowest BCUT2D eigenvalue weighted by Crippen LogP contribution is -2.22. The zero-order valence-corrected chi connectivity index (χ0v) is 17.5. The summed E-state index contributed by atoms with van der Waals surface area (Å²) in [6.07, 6.45) is -1.20. The lowest BCUT2D eigenvalue weighted by molar-refractivity contribution is -0.141. The highest BCUT2D eigenvalue weighted by Gasteiger charge is 2.38. The molecule has 2 aromatic carbocycles. The second-order valence-electron chi connectivity index (χ2n) is 6.73. The van der Waals surface area contributed by atoms with Crippen molar-refractivity contribution in [2.75, 3.05) is 5.32 Å². The molecule has 0 unspecified atom stereocenters. The number of hydrogen-bond acceptors (Lipinski definition) is 5. The molecule has 0 aliphatic heterocycles. The Morgan fingerprint density at radius 3 is 2.52 bits per heavy atom. The second-order valence-corrected chi connectivity index (χ2v) is 7.16. The van der Waals surface area contributed by atoms with Crippen LogP contribution in [0.5, 0.6) is 5.88 Å². The summed E-state index contributed by atoms with van der Waals surface area (Å²) in [5.74, 6) is -0.714. The average molecular weight is 474 g/mol. The lowest BCUT2D eigenvalue weighted by atomic mass is 10.1. The van der Waals surface area contributed by atoms with Crippen LogP contribution in [0.1, 0.15) is 21.7 Å². The molecule has 7 nitrogen and oxygen atoms in total. The fraction of sp³-hybridized carbons (Fsp3) is 0.0909. The topological polar surface area (TPSA) is 81.9 Å². The first kappa shape index (κ1) is 22.3. The van der Waals surface area contributed by atoms with Crippen LogP contribution >= 0.6 is 11.6 Å². The zero-order valence-electron chi connectivity index (χ0n) is 16.8. The largest absolute Gasteiger partial charge is 0.472 e. The van der Waals surface area contributed by atoms with E-state index in [-0.39, 0.29) is 12.3 Å². The van der Waals surface area contributed by atoms with Crippen molar-refractivity contribution >= 4 is 23.2 Å². The van der Waals surface area contributed by atoms with Crippen LogP contribution in [-0.4, -0.2) is 25.7 Å². The maximum absolute atomic E-state index is 13.2. The third-order valence-electron chi connectivity index (χ3n) is 4.48. The maximum Gasteiger partial charge on any atom is 0.435 e. The number of alkyl halides is 3. The normalized spacial score (nSPS) is 11.3. The minimum Gasteiger partial charge on any atom is -0.472 e. The Labute approximate surface area is 190 Å². The molecule has 0 aliphatic carbocycles. The quantitative estimate of drug-likeness (QED) is 0.418. The summed E-state index contributed by atoms with van der Waals surface area (Å²) in [4.78, 5) is 19.3. The Morgan fingerprint density at radius 2 is 1.76 bits per heavy atom. The molecule has 168 valence electrons. The minimum atomic E-state index is -4.81. The summed E-state index contributed by atoms with van der Waals surface area (Å²) in [7, 11) is 0. The summed E-state index contributed by atoms with van der Waals surface area (Å²) in [6, 6.07) is 15.3. The molecule has 4 aromatic rings. The monoisotopic (exact) mass is 473 g/mol. The van der Waals surface area contributed by atoms with Crippen LogP contribution in [-0.2, 0) is 12.8 Å². The van der Waals surface area contributed by atoms with Gasteiger partial charge in [0.1, 0.15) is 6.61 Å². The molecule has 0 aliphatic rings. The number of halogens is 4. The van der Waals surface area contributed by atoms with E-state index < -0.39 is 23.5 Å². The van der Waals surface area contributed by atoms with Gasteiger partial charge in [0.15, 0.2) is 11.4 Å². The van der Waals surface area contributed by atoms with E-state index >= 15 is 0 Å². The van der Waals surface area contributed by atoms with Gasteiger partial charge in [0.25, 0.3) is 5.91 Å². The Kier molecular flexibility index (Phi) is 6.27. The number of aromatic nitrogens is 4. The summed E-state index contributed by atoms with van der Waals surface area (Å²) in [5.41, 5.74) is -0.583. The fourth-order valence-corrected chi connectivity index (χ4v) is 3.06. The van der Waals surface area contributed by atoms with Gasteiger partial charge < -0.3 is 10.1 Å². The molecule has 4 rings (SSSR count).